The van der Waals surface area contributed by atoms with Crippen LogP contribution < -0.4 is 9.44 Å². The van der Waals surface area contributed by atoms with Crippen LogP contribution in [0.15, 0.2) is 99.7 Å². The minimum absolute atomic E-state index is 0.184. The Bertz CT molecular complexity index is 2720. The molecule has 290 valence electrons. The Balaban J connectivity index is 0.000000161. The van der Waals surface area contributed by atoms with E-state index < -0.39 is 20.0 Å². The van der Waals surface area contributed by atoms with Crippen LogP contribution in [0.3, 0.4) is 0 Å². The zero-order valence-electron chi connectivity index (χ0n) is 30.9. The molecule has 6 aromatic rings. The molecule has 0 bridgehead atoms. The molecule has 56 heavy (non-hydrogen) atoms. The molecule has 2 aromatic heterocycles. The number of sulfonamides is 2. The molecule has 0 radical (unpaired) electrons. The molecule has 0 saturated heterocycles. The Morgan fingerprint density at radius 3 is 1.84 bits per heavy atom. The maximum atomic E-state index is 13.3. The van der Waals surface area contributed by atoms with E-state index in [0.29, 0.717) is 30.0 Å². The van der Waals surface area contributed by atoms with Crippen molar-refractivity contribution in [2.75, 3.05) is 0 Å². The summed E-state index contributed by atoms with van der Waals surface area (Å²) in [6.07, 6.45) is 4.50. The molecule has 9 rings (SSSR count). The monoisotopic (exact) mass is 815 g/mol. The van der Waals surface area contributed by atoms with E-state index in [9.17, 15) is 25.6 Å². The van der Waals surface area contributed by atoms with Gasteiger partial charge in [-0.3, -0.25) is 4.99 Å². The number of nitrogens with zero attached hydrogens (tertiary/aromatic N) is 5. The van der Waals surface area contributed by atoms with Crippen molar-refractivity contribution in [3.8, 4) is 5.13 Å². The SMILES string of the molecule is CC1(NS(=O)(=O)c2ccc3c(c2)CN=C3Cc2ccc(F)cc2)CC1.Cc1nnc(-n2nc(Cc3ccc(F)cc3)c3ccc(S(=O)(=O)NC4(C)CC4)cc32)s1. The van der Waals surface area contributed by atoms with Crippen LogP contribution in [0.25, 0.3) is 16.0 Å². The quantitative estimate of drug-likeness (QED) is 0.144. The van der Waals surface area contributed by atoms with Crippen LogP contribution in [-0.4, -0.2) is 53.6 Å². The Hall–Kier alpha value is -4.74. The fourth-order valence-electron chi connectivity index (χ4n) is 6.48. The third kappa shape index (κ3) is 8.34. The van der Waals surface area contributed by atoms with Crippen LogP contribution in [0.5, 0.6) is 0 Å². The average molecular weight is 816 g/mol. The van der Waals surface area contributed by atoms with Gasteiger partial charge in [0.25, 0.3) is 0 Å². The van der Waals surface area contributed by atoms with E-state index in [1.165, 1.54) is 35.6 Å². The molecule has 0 unspecified atom stereocenters. The van der Waals surface area contributed by atoms with Gasteiger partial charge in [-0.05, 0) is 118 Å². The van der Waals surface area contributed by atoms with Crippen LogP contribution >= 0.6 is 11.3 Å². The van der Waals surface area contributed by atoms with Gasteiger partial charge in [-0.15, -0.1) is 10.2 Å². The number of nitrogens with one attached hydrogen (secondary N) is 2. The molecule has 3 heterocycles. The molecule has 11 nitrogen and oxygen atoms in total. The predicted octanol–water partition coefficient (Wildman–Crippen LogP) is 6.95. The number of hydrogen-bond donors (Lipinski definition) is 2. The number of halogens is 2. The Morgan fingerprint density at radius 2 is 1.29 bits per heavy atom. The molecule has 2 N–H and O–H groups in total. The summed E-state index contributed by atoms with van der Waals surface area (Å²) in [5, 5.41) is 15.1. The highest BCUT2D eigenvalue weighted by molar-refractivity contribution is 7.89. The number of hydrogen-bond acceptors (Lipinski definition) is 9. The van der Waals surface area contributed by atoms with Gasteiger partial charge in [-0.1, -0.05) is 41.7 Å². The molecule has 0 atom stereocenters. The number of aliphatic imine (C=N–C) groups is 1. The van der Waals surface area contributed by atoms with E-state index in [2.05, 4.69) is 24.6 Å². The van der Waals surface area contributed by atoms with Gasteiger partial charge in [0.2, 0.25) is 25.2 Å². The van der Waals surface area contributed by atoms with Crippen molar-refractivity contribution in [2.45, 2.75) is 86.7 Å². The zero-order chi connectivity index (χ0) is 39.5. The molecule has 1 aliphatic heterocycles. The van der Waals surface area contributed by atoms with E-state index >= 15 is 0 Å². The maximum Gasteiger partial charge on any atom is 0.241 e. The van der Waals surface area contributed by atoms with Gasteiger partial charge in [-0.25, -0.2) is 39.7 Å². The van der Waals surface area contributed by atoms with Crippen molar-refractivity contribution in [2.24, 2.45) is 4.99 Å². The number of aromatic nitrogens is 4. The lowest BCUT2D eigenvalue weighted by Crippen LogP contribution is -2.34. The maximum absolute atomic E-state index is 13.3. The third-order valence-electron chi connectivity index (χ3n) is 10.2. The minimum atomic E-state index is -3.66. The second kappa shape index (κ2) is 14.3. The highest BCUT2D eigenvalue weighted by atomic mass is 32.2. The normalized spacial score (nSPS) is 16.6. The largest absolute Gasteiger partial charge is 0.284 e. The van der Waals surface area contributed by atoms with Crippen molar-refractivity contribution in [1.29, 1.82) is 0 Å². The molecular weight excluding hydrogens is 777 g/mol. The first kappa shape index (κ1) is 38.1. The average Bonchev–Trinajstić information content (AvgIpc) is 3.86. The summed E-state index contributed by atoms with van der Waals surface area (Å²) < 4.78 is 84.3. The van der Waals surface area contributed by atoms with Crippen LogP contribution in [0.1, 0.15) is 72.5 Å². The second-order valence-corrected chi connectivity index (χ2v) is 19.7. The summed E-state index contributed by atoms with van der Waals surface area (Å²) in [6, 6.07) is 22.8. The Kier molecular flexibility index (Phi) is 9.76. The van der Waals surface area contributed by atoms with Crippen LogP contribution in [0.4, 0.5) is 8.78 Å². The number of rotatable bonds is 11. The lowest BCUT2D eigenvalue weighted by atomic mass is 10.0. The van der Waals surface area contributed by atoms with Crippen molar-refractivity contribution in [1.82, 2.24) is 29.4 Å². The van der Waals surface area contributed by atoms with E-state index in [-0.39, 0.29) is 32.5 Å². The molecule has 2 saturated carbocycles. The summed E-state index contributed by atoms with van der Waals surface area (Å²) in [4.78, 5) is 5.01. The van der Waals surface area contributed by atoms with Crippen LogP contribution in [-0.2, 0) is 39.4 Å². The highest BCUT2D eigenvalue weighted by Gasteiger charge is 2.42. The first-order valence-electron chi connectivity index (χ1n) is 18.1. The molecule has 2 aliphatic carbocycles. The van der Waals surface area contributed by atoms with Gasteiger partial charge in [0.1, 0.15) is 16.6 Å². The first-order chi connectivity index (χ1) is 26.6. The van der Waals surface area contributed by atoms with Crippen LogP contribution in [0, 0.1) is 18.6 Å². The molecule has 0 spiro atoms. The third-order valence-corrected chi connectivity index (χ3v) is 14.3. The molecular formula is C40H39F2N7O4S3. The predicted molar refractivity (Wildman–Crippen MR) is 211 cm³/mol. The molecule has 16 heteroatoms. The molecule has 2 fully saturated rings. The summed E-state index contributed by atoms with van der Waals surface area (Å²) in [5.41, 5.74) is 5.42. The standard InChI is InChI=1S/C21H20FN5O2S2.C19H19FN2O2S/c1-13-23-24-20(30-13)27-19-12-16(31(28,29)26-21(2)9-10-21)7-8-17(19)18(25-27)11-14-3-5-15(22)6-4-14;1-19(8-9-19)22-25(23,24)16-6-7-17-14(11-16)12-21-18(17)10-13-2-4-15(20)5-3-13/h3-8,12,26H,9-11H2,1-2H3;2-7,11,22H,8-10,12H2,1H3. The number of aryl methyl sites for hydroxylation is 1. The summed E-state index contributed by atoms with van der Waals surface area (Å²) in [7, 11) is -7.16. The number of fused-ring (bicyclic) bond motifs is 2. The van der Waals surface area contributed by atoms with E-state index in [0.717, 1.165) is 69.7 Å². The van der Waals surface area contributed by atoms with Crippen LogP contribution in [0.2, 0.25) is 0 Å². The smallest absolute Gasteiger partial charge is 0.241 e. The van der Waals surface area contributed by atoms with Gasteiger partial charge in [0.15, 0.2) is 0 Å². The molecule has 3 aliphatic rings. The van der Waals surface area contributed by atoms with Crippen molar-refractivity contribution in [3.63, 3.8) is 0 Å². The topological polar surface area (TPSA) is 148 Å². The van der Waals surface area contributed by atoms with Gasteiger partial charge < -0.3 is 0 Å². The van der Waals surface area contributed by atoms with Gasteiger partial charge in [-0.2, -0.15) is 5.10 Å². The number of benzene rings is 4. The first-order valence-corrected chi connectivity index (χ1v) is 21.9. The Morgan fingerprint density at radius 1 is 0.732 bits per heavy atom. The lowest BCUT2D eigenvalue weighted by Gasteiger charge is -2.13. The summed E-state index contributed by atoms with van der Waals surface area (Å²) >= 11 is 1.37. The van der Waals surface area contributed by atoms with Crippen molar-refractivity contribution < 1.29 is 25.6 Å². The fraction of sp³-hybridized carbons (Fsp3) is 0.300. The van der Waals surface area contributed by atoms with Gasteiger partial charge >= 0.3 is 0 Å². The summed E-state index contributed by atoms with van der Waals surface area (Å²) in [5.74, 6) is -0.556. The highest BCUT2D eigenvalue weighted by Crippen LogP contribution is 2.37. The minimum Gasteiger partial charge on any atom is -0.284 e. The molecule has 4 aromatic carbocycles. The zero-order valence-corrected chi connectivity index (χ0v) is 33.3. The van der Waals surface area contributed by atoms with E-state index in [1.54, 1.807) is 59.3 Å². The Labute approximate surface area is 328 Å². The van der Waals surface area contributed by atoms with E-state index in [1.807, 2.05) is 26.8 Å². The molecule has 0 amide bonds. The second-order valence-electron chi connectivity index (χ2n) is 15.2. The van der Waals surface area contributed by atoms with Gasteiger partial charge in [0.05, 0.1) is 27.5 Å². The van der Waals surface area contributed by atoms with Crippen molar-refractivity contribution >= 4 is 48.0 Å². The van der Waals surface area contributed by atoms with Gasteiger partial charge in [0, 0.05) is 40.6 Å². The lowest BCUT2D eigenvalue weighted by molar-refractivity contribution is 0.556. The van der Waals surface area contributed by atoms with E-state index in [4.69, 9.17) is 5.10 Å². The fourth-order valence-corrected chi connectivity index (χ4v) is 10.1. The summed E-state index contributed by atoms with van der Waals surface area (Å²) in [6.45, 7) is 6.15. The van der Waals surface area contributed by atoms with Crippen molar-refractivity contribution in [3.05, 3.63) is 130 Å².